The molecule has 1 aliphatic rings. The van der Waals surface area contributed by atoms with Gasteiger partial charge in [-0.25, -0.2) is 12.8 Å². The van der Waals surface area contributed by atoms with Crippen LogP contribution in [-0.2, 0) is 26.2 Å². The SMILES string of the molecule is C[C@H](C(=O)NC1CCCCC1)N(Cc1ccc(Cl)cc1)C(=O)CCCN(c1ccc(F)cc1)S(C)(=O)=O. The van der Waals surface area contributed by atoms with Crippen LogP contribution in [0.15, 0.2) is 48.5 Å². The lowest BCUT2D eigenvalue weighted by molar-refractivity contribution is -0.141. The topological polar surface area (TPSA) is 86.8 Å². The lowest BCUT2D eigenvalue weighted by atomic mass is 9.95. The van der Waals surface area contributed by atoms with E-state index < -0.39 is 21.9 Å². The van der Waals surface area contributed by atoms with Crippen LogP contribution in [0.2, 0.25) is 5.02 Å². The second-order valence-electron chi connectivity index (χ2n) is 9.58. The molecule has 7 nitrogen and oxygen atoms in total. The summed E-state index contributed by atoms with van der Waals surface area (Å²) in [6.45, 7) is 1.99. The van der Waals surface area contributed by atoms with Crippen LogP contribution >= 0.6 is 11.6 Å². The first-order chi connectivity index (χ1) is 17.5. The highest BCUT2D eigenvalue weighted by atomic mass is 35.5. The van der Waals surface area contributed by atoms with Crippen molar-refractivity contribution >= 4 is 39.1 Å². The van der Waals surface area contributed by atoms with Crippen molar-refractivity contribution in [2.45, 2.75) is 70.5 Å². The highest BCUT2D eigenvalue weighted by Gasteiger charge is 2.28. The Balaban J connectivity index is 1.70. The molecule has 1 atom stereocenters. The van der Waals surface area contributed by atoms with Gasteiger partial charge in [0.25, 0.3) is 0 Å². The molecule has 1 fully saturated rings. The number of hydrogen-bond acceptors (Lipinski definition) is 4. The highest BCUT2D eigenvalue weighted by molar-refractivity contribution is 7.92. The van der Waals surface area contributed by atoms with Crippen molar-refractivity contribution in [3.05, 3.63) is 64.9 Å². The van der Waals surface area contributed by atoms with Gasteiger partial charge in [-0.2, -0.15) is 0 Å². The lowest BCUT2D eigenvalue weighted by Crippen LogP contribution is -2.50. The number of hydrogen-bond donors (Lipinski definition) is 1. The molecule has 2 aromatic carbocycles. The monoisotopic (exact) mass is 551 g/mol. The van der Waals surface area contributed by atoms with Crippen LogP contribution in [0.5, 0.6) is 0 Å². The van der Waals surface area contributed by atoms with E-state index in [0.29, 0.717) is 10.7 Å². The van der Waals surface area contributed by atoms with Crippen LogP contribution in [0.3, 0.4) is 0 Å². The first-order valence-corrected chi connectivity index (χ1v) is 14.8. The fraction of sp³-hybridized carbons (Fsp3) is 0.481. The maximum Gasteiger partial charge on any atom is 0.242 e. The Morgan fingerprint density at radius 3 is 2.27 bits per heavy atom. The summed E-state index contributed by atoms with van der Waals surface area (Å²) in [5.74, 6) is -0.919. The minimum absolute atomic E-state index is 0.0435. The first-order valence-electron chi connectivity index (χ1n) is 12.6. The Labute approximate surface area is 224 Å². The number of carbonyl (C=O) groups excluding carboxylic acids is 2. The summed E-state index contributed by atoms with van der Waals surface area (Å²) in [7, 11) is -3.64. The molecule has 37 heavy (non-hydrogen) atoms. The summed E-state index contributed by atoms with van der Waals surface area (Å²) in [6.07, 6.45) is 6.56. The van der Waals surface area contributed by atoms with Crippen LogP contribution in [0.1, 0.15) is 57.4 Å². The van der Waals surface area contributed by atoms with E-state index in [9.17, 15) is 22.4 Å². The van der Waals surface area contributed by atoms with Crippen molar-refractivity contribution in [3.8, 4) is 0 Å². The van der Waals surface area contributed by atoms with E-state index in [-0.39, 0.29) is 43.8 Å². The number of nitrogens with one attached hydrogen (secondary N) is 1. The Morgan fingerprint density at radius 2 is 1.68 bits per heavy atom. The molecule has 0 radical (unpaired) electrons. The van der Waals surface area contributed by atoms with Gasteiger partial charge in [-0.05, 0) is 68.1 Å². The molecule has 3 rings (SSSR count). The summed E-state index contributed by atoms with van der Waals surface area (Å²) in [4.78, 5) is 28.0. The quantitative estimate of drug-likeness (QED) is 0.431. The molecule has 0 bridgehead atoms. The molecule has 0 aromatic heterocycles. The fourth-order valence-corrected chi connectivity index (χ4v) is 5.64. The van der Waals surface area contributed by atoms with Gasteiger partial charge in [0.05, 0.1) is 11.9 Å². The van der Waals surface area contributed by atoms with E-state index in [4.69, 9.17) is 11.6 Å². The number of amides is 2. The number of sulfonamides is 1. The number of nitrogens with zero attached hydrogens (tertiary/aromatic N) is 2. The summed E-state index contributed by atoms with van der Waals surface area (Å²) in [6, 6.07) is 11.7. The molecule has 0 heterocycles. The third-order valence-corrected chi connectivity index (χ3v) is 8.10. The Morgan fingerprint density at radius 1 is 1.05 bits per heavy atom. The van der Waals surface area contributed by atoms with Gasteiger partial charge in [0.15, 0.2) is 0 Å². The number of halogens is 2. The fourth-order valence-electron chi connectivity index (χ4n) is 4.55. The van der Waals surface area contributed by atoms with E-state index in [0.717, 1.165) is 41.8 Å². The van der Waals surface area contributed by atoms with Gasteiger partial charge in [-0.15, -0.1) is 0 Å². The molecule has 2 amide bonds. The van der Waals surface area contributed by atoms with Gasteiger partial charge in [0, 0.05) is 30.6 Å². The summed E-state index contributed by atoms with van der Waals surface area (Å²) < 4.78 is 39.2. The third-order valence-electron chi connectivity index (χ3n) is 6.65. The van der Waals surface area contributed by atoms with Crippen molar-refractivity contribution in [1.29, 1.82) is 0 Å². The molecule has 1 aliphatic carbocycles. The molecular formula is C27H35ClFN3O4S. The molecule has 0 unspecified atom stereocenters. The van der Waals surface area contributed by atoms with Crippen LogP contribution in [-0.4, -0.2) is 50.0 Å². The first kappa shape index (κ1) is 28.9. The Bertz CT molecular complexity index is 1150. The predicted octanol–water partition coefficient (Wildman–Crippen LogP) is 4.89. The zero-order chi connectivity index (χ0) is 27.0. The minimum Gasteiger partial charge on any atom is -0.352 e. The second kappa shape index (κ2) is 13.2. The second-order valence-corrected chi connectivity index (χ2v) is 11.9. The van der Waals surface area contributed by atoms with Crippen molar-refractivity contribution in [1.82, 2.24) is 10.2 Å². The smallest absolute Gasteiger partial charge is 0.242 e. The number of rotatable bonds is 11. The van der Waals surface area contributed by atoms with Gasteiger partial charge in [-0.1, -0.05) is 43.0 Å². The third kappa shape index (κ3) is 8.71. The highest BCUT2D eigenvalue weighted by Crippen LogP contribution is 2.21. The molecule has 1 saturated carbocycles. The van der Waals surface area contributed by atoms with Crippen molar-refractivity contribution in [2.24, 2.45) is 0 Å². The molecule has 202 valence electrons. The minimum atomic E-state index is -3.64. The molecule has 0 spiro atoms. The average molecular weight is 552 g/mol. The Hall–Kier alpha value is -2.65. The molecule has 0 aliphatic heterocycles. The largest absolute Gasteiger partial charge is 0.352 e. The van der Waals surface area contributed by atoms with Crippen molar-refractivity contribution in [2.75, 3.05) is 17.1 Å². The maximum atomic E-state index is 13.4. The lowest BCUT2D eigenvalue weighted by Gasteiger charge is -2.31. The van der Waals surface area contributed by atoms with Gasteiger partial charge in [0.1, 0.15) is 11.9 Å². The molecule has 10 heteroatoms. The van der Waals surface area contributed by atoms with E-state index in [1.165, 1.54) is 35.6 Å². The van der Waals surface area contributed by atoms with Gasteiger partial charge < -0.3 is 10.2 Å². The predicted molar refractivity (Wildman–Crippen MR) is 144 cm³/mol. The van der Waals surface area contributed by atoms with Gasteiger partial charge in [-0.3, -0.25) is 13.9 Å². The van der Waals surface area contributed by atoms with Crippen LogP contribution in [0.4, 0.5) is 10.1 Å². The van der Waals surface area contributed by atoms with Crippen molar-refractivity contribution in [3.63, 3.8) is 0 Å². The zero-order valence-electron chi connectivity index (χ0n) is 21.3. The van der Waals surface area contributed by atoms with Gasteiger partial charge >= 0.3 is 0 Å². The standard InChI is InChI=1S/C27H35ClFN3O4S/c1-20(27(34)30-24-7-4-3-5-8-24)31(19-21-10-12-22(28)13-11-21)26(33)9-6-18-32(37(2,35)36)25-16-14-23(29)15-17-25/h10-17,20,24H,3-9,18-19H2,1-2H3,(H,30,34)/t20-/m1/s1. The van der Waals surface area contributed by atoms with E-state index in [1.807, 2.05) is 12.1 Å². The number of carbonyl (C=O) groups is 2. The zero-order valence-corrected chi connectivity index (χ0v) is 22.9. The maximum absolute atomic E-state index is 13.4. The van der Waals surface area contributed by atoms with Crippen molar-refractivity contribution < 1.29 is 22.4 Å². The van der Waals surface area contributed by atoms with Gasteiger partial charge in [0.2, 0.25) is 21.8 Å². The van der Waals surface area contributed by atoms with Crippen LogP contribution in [0.25, 0.3) is 0 Å². The number of anilines is 1. The summed E-state index contributed by atoms with van der Waals surface area (Å²) in [5.41, 5.74) is 1.16. The van der Waals surface area contributed by atoms with E-state index in [2.05, 4.69) is 5.32 Å². The van der Waals surface area contributed by atoms with E-state index >= 15 is 0 Å². The Kier molecular flexibility index (Phi) is 10.3. The van der Waals surface area contributed by atoms with E-state index in [1.54, 1.807) is 19.1 Å². The molecule has 1 N–H and O–H groups in total. The normalized spacial score (nSPS) is 15.1. The number of benzene rings is 2. The molecular weight excluding hydrogens is 517 g/mol. The average Bonchev–Trinajstić information content (AvgIpc) is 2.86. The summed E-state index contributed by atoms with van der Waals surface area (Å²) in [5, 5.41) is 3.67. The van der Waals surface area contributed by atoms with Crippen LogP contribution < -0.4 is 9.62 Å². The molecule has 2 aromatic rings. The van der Waals surface area contributed by atoms with Crippen LogP contribution in [0, 0.1) is 5.82 Å². The molecule has 0 saturated heterocycles. The summed E-state index contributed by atoms with van der Waals surface area (Å²) >= 11 is 6.01.